The molecule has 0 bridgehead atoms. The molecule has 164 valence electrons. The minimum atomic E-state index is -0.872. The second-order valence-corrected chi connectivity index (χ2v) is 7.37. The van der Waals surface area contributed by atoms with Crippen molar-refractivity contribution in [3.8, 4) is 34.7 Å². The minimum absolute atomic E-state index is 0. The number of ether oxygens (including phenoxy) is 1. The van der Waals surface area contributed by atoms with Crippen molar-refractivity contribution >= 4 is 46.4 Å². The van der Waals surface area contributed by atoms with E-state index in [2.05, 4.69) is 21.3 Å². The number of carboxylic acid groups (broad SMARTS) is 1. The van der Waals surface area contributed by atoms with Crippen molar-refractivity contribution in [3.05, 3.63) is 48.2 Å². The van der Waals surface area contributed by atoms with E-state index in [1.165, 1.54) is 0 Å². The van der Waals surface area contributed by atoms with Crippen LogP contribution in [-0.2, 0) is 11.3 Å². The van der Waals surface area contributed by atoms with Gasteiger partial charge in [-0.3, -0.25) is 9.48 Å². The van der Waals surface area contributed by atoms with Crippen LogP contribution in [0.25, 0.3) is 33.7 Å². The van der Waals surface area contributed by atoms with Crippen molar-refractivity contribution in [2.75, 3.05) is 0 Å². The summed E-state index contributed by atoms with van der Waals surface area (Å²) in [6, 6.07) is 12.9. The number of aryl methyl sites for hydroxylation is 1. The van der Waals surface area contributed by atoms with Gasteiger partial charge < -0.3 is 14.4 Å². The third-order valence-electron chi connectivity index (χ3n) is 5.11. The van der Waals surface area contributed by atoms with Gasteiger partial charge in [0.15, 0.2) is 0 Å². The Kier molecular flexibility index (Phi) is 7.87. The molecule has 0 aliphatic rings. The standard InChI is InChI=1S/C23H21N5O4.Na.H/c1-3-14(2)31-20-7-5-16(11-17(20)12-24)23-26-22(27-32-23)15-4-6-19-18(10-15)13-25-28(19)9-8-21(29)30;;/h4-7,10-11,13-14H,3,8-9H2,1-2H3,(H,29,30);;/t14-;;/m0../s1. The van der Waals surface area contributed by atoms with Crippen molar-refractivity contribution in [3.63, 3.8) is 0 Å². The van der Waals surface area contributed by atoms with Gasteiger partial charge in [0.2, 0.25) is 5.82 Å². The zero-order valence-corrected chi connectivity index (χ0v) is 17.6. The van der Waals surface area contributed by atoms with Gasteiger partial charge in [0.05, 0.1) is 36.3 Å². The Hall–Kier alpha value is -3.19. The zero-order valence-electron chi connectivity index (χ0n) is 17.6. The fourth-order valence-corrected chi connectivity index (χ4v) is 3.22. The molecule has 9 nitrogen and oxygen atoms in total. The number of rotatable bonds is 8. The number of fused-ring (bicyclic) bond motifs is 1. The molecule has 1 atom stereocenters. The SMILES string of the molecule is CC[C@H](C)Oc1ccc(-c2nc(-c3ccc4c(cnn4CCC(=O)O)c3)no2)cc1C#N.[NaH]. The van der Waals surface area contributed by atoms with E-state index in [1.807, 2.05) is 32.0 Å². The molecule has 33 heavy (non-hydrogen) atoms. The van der Waals surface area contributed by atoms with Gasteiger partial charge in [-0.15, -0.1) is 0 Å². The van der Waals surface area contributed by atoms with E-state index in [0.29, 0.717) is 35.1 Å². The molecule has 1 N–H and O–H groups in total. The summed E-state index contributed by atoms with van der Waals surface area (Å²) in [6.07, 6.45) is 2.52. The monoisotopic (exact) mass is 455 g/mol. The topological polar surface area (TPSA) is 127 Å². The molecule has 0 amide bonds. The normalized spacial score (nSPS) is 11.5. The predicted molar refractivity (Wildman–Crippen MR) is 123 cm³/mol. The molecule has 0 unspecified atom stereocenters. The quantitative estimate of drug-likeness (QED) is 0.399. The van der Waals surface area contributed by atoms with E-state index in [-0.39, 0.29) is 42.1 Å². The van der Waals surface area contributed by atoms with Gasteiger partial charge in [0.25, 0.3) is 5.89 Å². The van der Waals surface area contributed by atoms with Gasteiger partial charge in [-0.1, -0.05) is 12.1 Å². The maximum atomic E-state index is 10.8. The molecule has 0 aliphatic heterocycles. The first kappa shape index (κ1) is 24.5. The summed E-state index contributed by atoms with van der Waals surface area (Å²) in [4.78, 5) is 15.3. The third kappa shape index (κ3) is 5.42. The Bertz CT molecular complexity index is 1320. The predicted octanol–water partition coefficient (Wildman–Crippen LogP) is 3.63. The van der Waals surface area contributed by atoms with E-state index in [1.54, 1.807) is 29.1 Å². The molecule has 4 rings (SSSR count). The van der Waals surface area contributed by atoms with Crippen molar-refractivity contribution in [1.29, 1.82) is 5.26 Å². The maximum absolute atomic E-state index is 10.8. The molecular weight excluding hydrogens is 433 g/mol. The van der Waals surface area contributed by atoms with Crippen molar-refractivity contribution in [1.82, 2.24) is 19.9 Å². The first-order chi connectivity index (χ1) is 15.5. The van der Waals surface area contributed by atoms with Crippen molar-refractivity contribution in [2.24, 2.45) is 0 Å². The van der Waals surface area contributed by atoms with Crippen LogP contribution in [0.1, 0.15) is 32.3 Å². The van der Waals surface area contributed by atoms with Crippen LogP contribution in [-0.4, -0.2) is 66.7 Å². The van der Waals surface area contributed by atoms with E-state index in [4.69, 9.17) is 14.4 Å². The zero-order chi connectivity index (χ0) is 22.7. The van der Waals surface area contributed by atoms with Gasteiger partial charge in [0.1, 0.15) is 11.8 Å². The van der Waals surface area contributed by atoms with E-state index >= 15 is 0 Å². The molecule has 10 heteroatoms. The fraction of sp³-hybridized carbons (Fsp3) is 0.261. The van der Waals surface area contributed by atoms with Crippen LogP contribution in [0.3, 0.4) is 0 Å². The summed E-state index contributed by atoms with van der Waals surface area (Å²) >= 11 is 0. The van der Waals surface area contributed by atoms with Gasteiger partial charge in [0, 0.05) is 16.5 Å². The Balaban J connectivity index is 0.00000306. The summed E-state index contributed by atoms with van der Waals surface area (Å²) in [6.45, 7) is 4.26. The summed E-state index contributed by atoms with van der Waals surface area (Å²) in [5.74, 6) is 0.349. The van der Waals surface area contributed by atoms with Crippen LogP contribution in [0.4, 0.5) is 0 Å². The second kappa shape index (κ2) is 10.6. The van der Waals surface area contributed by atoms with Gasteiger partial charge in [-0.2, -0.15) is 15.3 Å². The van der Waals surface area contributed by atoms with Crippen LogP contribution >= 0.6 is 0 Å². The molecule has 0 radical (unpaired) electrons. The number of aliphatic carboxylic acids is 1. The van der Waals surface area contributed by atoms with Crippen LogP contribution in [0.2, 0.25) is 0 Å². The fourth-order valence-electron chi connectivity index (χ4n) is 3.22. The van der Waals surface area contributed by atoms with Gasteiger partial charge in [-0.05, 0) is 49.7 Å². The summed E-state index contributed by atoms with van der Waals surface area (Å²) in [5.41, 5.74) is 2.59. The molecule has 2 aromatic carbocycles. The Morgan fingerprint density at radius 3 is 2.79 bits per heavy atom. The van der Waals surface area contributed by atoms with Crippen molar-refractivity contribution in [2.45, 2.75) is 39.3 Å². The first-order valence-electron chi connectivity index (χ1n) is 10.2. The van der Waals surface area contributed by atoms with Gasteiger partial charge >= 0.3 is 35.5 Å². The number of carboxylic acids is 1. The van der Waals surface area contributed by atoms with Gasteiger partial charge in [-0.25, -0.2) is 0 Å². The van der Waals surface area contributed by atoms with E-state index in [9.17, 15) is 10.1 Å². The van der Waals surface area contributed by atoms with E-state index in [0.717, 1.165) is 22.9 Å². The average Bonchev–Trinajstić information content (AvgIpc) is 3.45. The molecular formula is C23H22N5NaO4. The summed E-state index contributed by atoms with van der Waals surface area (Å²) in [7, 11) is 0. The number of nitriles is 1. The summed E-state index contributed by atoms with van der Waals surface area (Å²) in [5, 5.41) is 27.5. The van der Waals surface area contributed by atoms with Crippen LogP contribution in [0.15, 0.2) is 47.1 Å². The first-order valence-corrected chi connectivity index (χ1v) is 10.2. The molecule has 0 spiro atoms. The molecule has 0 fully saturated rings. The molecule has 4 aromatic rings. The number of hydrogen-bond donors (Lipinski definition) is 1. The van der Waals surface area contributed by atoms with Crippen LogP contribution in [0, 0.1) is 11.3 Å². The molecule has 0 saturated heterocycles. The second-order valence-electron chi connectivity index (χ2n) is 7.37. The Morgan fingerprint density at radius 1 is 1.27 bits per heavy atom. The molecule has 0 aliphatic carbocycles. The summed E-state index contributed by atoms with van der Waals surface area (Å²) < 4.78 is 12.9. The number of nitrogens with zero attached hydrogens (tertiary/aromatic N) is 5. The molecule has 0 saturated carbocycles. The number of aromatic nitrogens is 4. The van der Waals surface area contributed by atoms with Crippen LogP contribution < -0.4 is 4.74 Å². The number of hydrogen-bond acceptors (Lipinski definition) is 7. The molecule has 2 aromatic heterocycles. The van der Waals surface area contributed by atoms with Crippen molar-refractivity contribution < 1.29 is 19.2 Å². The number of carbonyl (C=O) groups is 1. The average molecular weight is 455 g/mol. The third-order valence-corrected chi connectivity index (χ3v) is 5.11. The molecule has 2 heterocycles. The number of benzene rings is 2. The van der Waals surface area contributed by atoms with Crippen LogP contribution in [0.5, 0.6) is 5.75 Å². The van der Waals surface area contributed by atoms with E-state index < -0.39 is 5.97 Å². The Labute approximate surface area is 212 Å². The Morgan fingerprint density at radius 2 is 2.06 bits per heavy atom.